The van der Waals surface area contributed by atoms with Crippen molar-refractivity contribution in [3.05, 3.63) is 64.1 Å². The molecule has 1 aromatic carbocycles. The third kappa shape index (κ3) is 3.20. The Labute approximate surface area is 169 Å². The number of piperidine rings is 1. The number of fused-ring (bicyclic) bond motifs is 4. The molecule has 7 nitrogen and oxygen atoms in total. The molecule has 1 fully saturated rings. The summed E-state index contributed by atoms with van der Waals surface area (Å²) in [6.07, 6.45) is 0.781. The van der Waals surface area contributed by atoms with Crippen LogP contribution in [0.4, 0.5) is 0 Å². The standard InChI is InChI=1S/C22H25N3O4/c1-23(2)22(28)20-15-11-14(17-8-6-10-19(26)25(17)20)12-24(13-15)21(27)16-7-4-5-9-18(16)29-3/h4-10,14-15,20H,11-13H2,1-3H3/t14-,15+,20-/m1/s1. The summed E-state index contributed by atoms with van der Waals surface area (Å²) in [6.45, 7) is 0.943. The van der Waals surface area contributed by atoms with E-state index in [-0.39, 0.29) is 29.2 Å². The molecule has 0 unspecified atom stereocenters. The predicted molar refractivity (Wildman–Crippen MR) is 108 cm³/mol. The summed E-state index contributed by atoms with van der Waals surface area (Å²) in [7, 11) is 4.94. The van der Waals surface area contributed by atoms with Gasteiger partial charge >= 0.3 is 0 Å². The third-order valence-electron chi connectivity index (χ3n) is 5.97. The molecular weight excluding hydrogens is 370 g/mol. The second-order valence-electron chi connectivity index (χ2n) is 7.94. The van der Waals surface area contributed by atoms with E-state index in [0.717, 1.165) is 12.1 Å². The summed E-state index contributed by atoms with van der Waals surface area (Å²) >= 11 is 0. The number of ether oxygens (including phenoxy) is 1. The van der Waals surface area contributed by atoms with E-state index < -0.39 is 6.04 Å². The number of pyridine rings is 1. The number of carbonyl (C=O) groups excluding carboxylic acids is 2. The molecule has 29 heavy (non-hydrogen) atoms. The van der Waals surface area contributed by atoms with Crippen LogP contribution in [-0.4, -0.2) is 60.5 Å². The fraction of sp³-hybridized carbons (Fsp3) is 0.409. The molecule has 4 rings (SSSR count). The maximum atomic E-state index is 13.3. The topological polar surface area (TPSA) is 71.8 Å². The average molecular weight is 395 g/mol. The fourth-order valence-electron chi connectivity index (χ4n) is 4.67. The van der Waals surface area contributed by atoms with Gasteiger partial charge in [-0.25, -0.2) is 0 Å². The van der Waals surface area contributed by atoms with Crippen molar-refractivity contribution in [3.63, 3.8) is 0 Å². The number of aromatic nitrogens is 1. The number of hydrogen-bond acceptors (Lipinski definition) is 4. The van der Waals surface area contributed by atoms with Gasteiger partial charge in [-0.05, 0) is 24.6 Å². The van der Waals surface area contributed by atoms with Crippen molar-refractivity contribution in [3.8, 4) is 5.75 Å². The quantitative estimate of drug-likeness (QED) is 0.794. The zero-order valence-corrected chi connectivity index (χ0v) is 16.9. The molecular formula is C22H25N3O4. The molecule has 2 amide bonds. The second-order valence-corrected chi connectivity index (χ2v) is 7.94. The zero-order chi connectivity index (χ0) is 20.7. The number of nitrogens with zero attached hydrogens (tertiary/aromatic N) is 3. The zero-order valence-electron chi connectivity index (χ0n) is 16.9. The van der Waals surface area contributed by atoms with E-state index in [9.17, 15) is 14.4 Å². The van der Waals surface area contributed by atoms with E-state index in [1.807, 2.05) is 18.2 Å². The highest BCUT2D eigenvalue weighted by molar-refractivity contribution is 5.97. The first-order chi connectivity index (χ1) is 13.9. The lowest BCUT2D eigenvalue weighted by atomic mass is 9.77. The van der Waals surface area contributed by atoms with Crippen molar-refractivity contribution in [2.75, 3.05) is 34.3 Å². The van der Waals surface area contributed by atoms with Crippen LogP contribution in [0.5, 0.6) is 5.75 Å². The molecule has 0 radical (unpaired) electrons. The molecule has 0 aliphatic carbocycles. The molecule has 1 saturated heterocycles. The largest absolute Gasteiger partial charge is 0.496 e. The van der Waals surface area contributed by atoms with Crippen LogP contribution in [0.15, 0.2) is 47.3 Å². The average Bonchev–Trinajstić information content (AvgIpc) is 2.73. The summed E-state index contributed by atoms with van der Waals surface area (Å²) in [5.41, 5.74) is 1.17. The molecule has 2 aromatic rings. The van der Waals surface area contributed by atoms with Gasteiger partial charge in [0.15, 0.2) is 0 Å². The van der Waals surface area contributed by atoms with Crippen LogP contribution >= 0.6 is 0 Å². The maximum absolute atomic E-state index is 13.3. The first kappa shape index (κ1) is 19.2. The minimum atomic E-state index is -0.599. The number of likely N-dealkylation sites (tertiary alicyclic amines) is 1. The number of amides is 2. The first-order valence-corrected chi connectivity index (χ1v) is 9.77. The highest BCUT2D eigenvalue weighted by atomic mass is 16.5. The monoisotopic (exact) mass is 395 g/mol. The van der Waals surface area contributed by atoms with E-state index in [4.69, 9.17) is 4.74 Å². The summed E-state index contributed by atoms with van der Waals surface area (Å²) in [5, 5.41) is 0. The molecule has 3 atom stereocenters. The lowest BCUT2D eigenvalue weighted by Crippen LogP contribution is -2.54. The third-order valence-corrected chi connectivity index (χ3v) is 5.97. The molecule has 2 bridgehead atoms. The molecule has 152 valence electrons. The van der Waals surface area contributed by atoms with E-state index in [1.54, 1.807) is 48.9 Å². The van der Waals surface area contributed by atoms with Crippen LogP contribution in [-0.2, 0) is 4.79 Å². The highest BCUT2D eigenvalue weighted by Crippen LogP contribution is 2.42. The Balaban J connectivity index is 1.74. The second kappa shape index (κ2) is 7.39. The van der Waals surface area contributed by atoms with Crippen molar-refractivity contribution in [2.45, 2.75) is 18.4 Å². The molecule has 2 aliphatic heterocycles. The minimum absolute atomic E-state index is 0.0209. The van der Waals surface area contributed by atoms with Crippen molar-refractivity contribution in [2.24, 2.45) is 5.92 Å². The van der Waals surface area contributed by atoms with Crippen LogP contribution in [0.25, 0.3) is 0 Å². The van der Waals surface area contributed by atoms with Gasteiger partial charge in [-0.2, -0.15) is 0 Å². The van der Waals surface area contributed by atoms with Gasteiger partial charge in [0.2, 0.25) is 5.91 Å². The van der Waals surface area contributed by atoms with Gasteiger partial charge in [0.05, 0.1) is 12.7 Å². The van der Waals surface area contributed by atoms with Crippen LogP contribution in [0.1, 0.15) is 34.4 Å². The first-order valence-electron chi connectivity index (χ1n) is 9.77. The maximum Gasteiger partial charge on any atom is 0.257 e. The van der Waals surface area contributed by atoms with E-state index in [1.165, 1.54) is 11.0 Å². The number of para-hydroxylation sites is 1. The Morgan fingerprint density at radius 3 is 2.55 bits per heavy atom. The van der Waals surface area contributed by atoms with E-state index in [2.05, 4.69) is 0 Å². The van der Waals surface area contributed by atoms with Gasteiger partial charge in [0.1, 0.15) is 11.8 Å². The fourth-order valence-corrected chi connectivity index (χ4v) is 4.67. The molecule has 7 heteroatoms. The Morgan fingerprint density at radius 2 is 1.83 bits per heavy atom. The molecule has 0 saturated carbocycles. The smallest absolute Gasteiger partial charge is 0.257 e. The summed E-state index contributed by atoms with van der Waals surface area (Å²) < 4.78 is 7.01. The molecule has 3 heterocycles. The number of likely N-dealkylation sites (N-methyl/N-ethyl adjacent to an activating group) is 1. The number of rotatable bonds is 3. The van der Waals surface area contributed by atoms with Crippen molar-refractivity contribution >= 4 is 11.8 Å². The number of methoxy groups -OCH3 is 1. The van der Waals surface area contributed by atoms with Gasteiger partial charge in [0, 0.05) is 50.8 Å². The Bertz CT molecular complexity index is 1010. The summed E-state index contributed by atoms with van der Waals surface area (Å²) in [4.78, 5) is 42.3. The Kier molecular flexibility index (Phi) is 4.90. The van der Waals surface area contributed by atoms with Gasteiger partial charge in [-0.1, -0.05) is 18.2 Å². The van der Waals surface area contributed by atoms with E-state index in [0.29, 0.717) is 24.4 Å². The van der Waals surface area contributed by atoms with Gasteiger partial charge in [0.25, 0.3) is 11.5 Å². The van der Waals surface area contributed by atoms with Crippen LogP contribution in [0.2, 0.25) is 0 Å². The van der Waals surface area contributed by atoms with Gasteiger partial charge < -0.3 is 14.5 Å². The highest BCUT2D eigenvalue weighted by Gasteiger charge is 2.45. The van der Waals surface area contributed by atoms with Crippen molar-refractivity contribution < 1.29 is 14.3 Å². The molecule has 2 aliphatic rings. The Morgan fingerprint density at radius 1 is 1.07 bits per heavy atom. The minimum Gasteiger partial charge on any atom is -0.496 e. The molecule has 1 aromatic heterocycles. The van der Waals surface area contributed by atoms with Crippen LogP contribution in [0, 0.1) is 5.92 Å². The SMILES string of the molecule is COc1ccccc1C(=O)N1C[C@H]2C[C@@H](C1)[C@H](C(=O)N(C)C)n1c2cccc1=O. The number of hydrogen-bond donors (Lipinski definition) is 0. The lowest BCUT2D eigenvalue weighted by molar-refractivity contribution is -0.135. The van der Waals surface area contributed by atoms with Gasteiger partial charge in [-0.15, -0.1) is 0 Å². The lowest BCUT2D eigenvalue weighted by Gasteiger charge is -2.46. The van der Waals surface area contributed by atoms with Crippen LogP contribution < -0.4 is 10.3 Å². The summed E-state index contributed by atoms with van der Waals surface area (Å²) in [6, 6.07) is 11.7. The van der Waals surface area contributed by atoms with Crippen molar-refractivity contribution in [1.82, 2.24) is 14.4 Å². The normalized spacial score (nSPS) is 22.6. The summed E-state index contributed by atoms with van der Waals surface area (Å²) in [5.74, 6) is 0.211. The van der Waals surface area contributed by atoms with Crippen LogP contribution in [0.3, 0.4) is 0 Å². The van der Waals surface area contributed by atoms with Crippen molar-refractivity contribution in [1.29, 1.82) is 0 Å². The van der Waals surface area contributed by atoms with Gasteiger partial charge in [-0.3, -0.25) is 19.0 Å². The predicted octanol–water partition coefficient (Wildman–Crippen LogP) is 1.75. The van der Waals surface area contributed by atoms with E-state index >= 15 is 0 Å². The number of carbonyl (C=O) groups is 2. The number of benzene rings is 1. The molecule has 0 spiro atoms. The Hall–Kier alpha value is -3.09. The molecule has 0 N–H and O–H groups in total.